The highest BCUT2D eigenvalue weighted by Gasteiger charge is 2.06. The number of carbonyl (C=O) groups is 2. The first-order chi connectivity index (χ1) is 4.66. The topological polar surface area (TPSA) is 63.6 Å². The molecule has 0 spiro atoms. The predicted octanol–water partition coefficient (Wildman–Crippen LogP) is 0.0667. The van der Waals surface area contributed by atoms with Gasteiger partial charge in [-0.05, 0) is 6.92 Å². The molecule has 0 heterocycles. The Morgan fingerprint density at radius 2 is 2.10 bits per heavy atom. The molecule has 0 aliphatic heterocycles. The van der Waals surface area contributed by atoms with Crippen molar-refractivity contribution in [2.75, 3.05) is 13.2 Å². The number of ketones is 1. The molecule has 0 aromatic carbocycles. The molecule has 0 fully saturated rings. The SMILES string of the molecule is CCOCC(=O)CC(=O)O. The van der Waals surface area contributed by atoms with Crippen molar-refractivity contribution >= 4 is 11.8 Å². The summed E-state index contributed by atoms with van der Waals surface area (Å²) in [6.45, 7) is 2.09. The van der Waals surface area contributed by atoms with Gasteiger partial charge in [-0.25, -0.2) is 0 Å². The van der Waals surface area contributed by atoms with Crippen molar-refractivity contribution < 1.29 is 19.4 Å². The fourth-order valence-corrected chi connectivity index (χ4v) is 0.436. The van der Waals surface area contributed by atoms with Gasteiger partial charge in [-0.2, -0.15) is 0 Å². The number of carboxylic acid groups (broad SMARTS) is 1. The number of Topliss-reactive ketones (excluding diaryl/α,β-unsaturated/α-hetero) is 1. The first-order valence-electron chi connectivity index (χ1n) is 2.98. The van der Waals surface area contributed by atoms with Crippen molar-refractivity contribution in [3.63, 3.8) is 0 Å². The van der Waals surface area contributed by atoms with Gasteiger partial charge in [-0.3, -0.25) is 9.59 Å². The van der Waals surface area contributed by atoms with E-state index in [1.54, 1.807) is 6.92 Å². The quantitative estimate of drug-likeness (QED) is 0.557. The third-order valence-corrected chi connectivity index (χ3v) is 0.816. The zero-order chi connectivity index (χ0) is 7.98. The summed E-state index contributed by atoms with van der Waals surface area (Å²) in [7, 11) is 0. The normalized spacial score (nSPS) is 9.30. The molecule has 4 nitrogen and oxygen atoms in total. The number of carbonyl (C=O) groups excluding carboxylic acids is 1. The van der Waals surface area contributed by atoms with E-state index < -0.39 is 18.2 Å². The molecule has 0 amide bonds. The molecule has 0 atom stereocenters. The number of rotatable bonds is 5. The van der Waals surface area contributed by atoms with Crippen LogP contribution in [0.15, 0.2) is 0 Å². The van der Waals surface area contributed by atoms with Crippen molar-refractivity contribution in [1.29, 1.82) is 0 Å². The van der Waals surface area contributed by atoms with Gasteiger partial charge in [0.25, 0.3) is 0 Å². The van der Waals surface area contributed by atoms with Crippen LogP contribution in [0.25, 0.3) is 0 Å². The minimum atomic E-state index is -1.11. The second-order valence-electron chi connectivity index (χ2n) is 1.75. The first-order valence-corrected chi connectivity index (χ1v) is 2.98. The third-order valence-electron chi connectivity index (χ3n) is 0.816. The van der Waals surface area contributed by atoms with E-state index in [4.69, 9.17) is 5.11 Å². The Morgan fingerprint density at radius 3 is 2.50 bits per heavy atom. The molecule has 0 bridgehead atoms. The van der Waals surface area contributed by atoms with Gasteiger partial charge in [0, 0.05) is 6.61 Å². The Morgan fingerprint density at radius 1 is 1.50 bits per heavy atom. The molecule has 0 saturated carbocycles. The van der Waals surface area contributed by atoms with Crippen LogP contribution in [0.1, 0.15) is 13.3 Å². The average molecular weight is 146 g/mol. The summed E-state index contributed by atoms with van der Waals surface area (Å²) in [4.78, 5) is 20.4. The molecule has 10 heavy (non-hydrogen) atoms. The van der Waals surface area contributed by atoms with Crippen LogP contribution in [0, 0.1) is 0 Å². The Hall–Kier alpha value is -0.900. The van der Waals surface area contributed by atoms with Crippen LogP contribution in [0.5, 0.6) is 0 Å². The van der Waals surface area contributed by atoms with Crippen LogP contribution >= 0.6 is 0 Å². The van der Waals surface area contributed by atoms with Gasteiger partial charge in [-0.15, -0.1) is 0 Å². The van der Waals surface area contributed by atoms with E-state index in [1.165, 1.54) is 0 Å². The van der Waals surface area contributed by atoms with E-state index in [9.17, 15) is 9.59 Å². The molecule has 0 aliphatic rings. The molecular weight excluding hydrogens is 136 g/mol. The number of hydrogen-bond donors (Lipinski definition) is 1. The van der Waals surface area contributed by atoms with Crippen LogP contribution in [0.2, 0.25) is 0 Å². The lowest BCUT2D eigenvalue weighted by Gasteiger charge is -1.95. The van der Waals surface area contributed by atoms with Crippen LogP contribution in [-0.2, 0) is 14.3 Å². The summed E-state index contributed by atoms with van der Waals surface area (Å²) in [5.41, 5.74) is 0. The van der Waals surface area contributed by atoms with E-state index in [-0.39, 0.29) is 6.61 Å². The zero-order valence-electron chi connectivity index (χ0n) is 5.79. The zero-order valence-corrected chi connectivity index (χ0v) is 5.79. The van der Waals surface area contributed by atoms with Gasteiger partial charge in [0.15, 0.2) is 5.78 Å². The lowest BCUT2D eigenvalue weighted by atomic mass is 10.3. The smallest absolute Gasteiger partial charge is 0.310 e. The van der Waals surface area contributed by atoms with Gasteiger partial charge in [0.05, 0.1) is 0 Å². The molecule has 1 N–H and O–H groups in total. The molecule has 0 aliphatic carbocycles. The lowest BCUT2D eigenvalue weighted by molar-refractivity contribution is -0.141. The van der Waals surface area contributed by atoms with Crippen molar-refractivity contribution in [1.82, 2.24) is 0 Å². The molecular formula is C6H10O4. The second-order valence-corrected chi connectivity index (χ2v) is 1.75. The van der Waals surface area contributed by atoms with E-state index >= 15 is 0 Å². The lowest BCUT2D eigenvalue weighted by Crippen LogP contribution is -2.12. The highest BCUT2D eigenvalue weighted by Crippen LogP contribution is 1.84. The number of carboxylic acids is 1. The highest BCUT2D eigenvalue weighted by atomic mass is 16.5. The maximum absolute atomic E-state index is 10.5. The van der Waals surface area contributed by atoms with Gasteiger partial charge >= 0.3 is 5.97 Å². The van der Waals surface area contributed by atoms with Crippen LogP contribution in [0.3, 0.4) is 0 Å². The molecule has 0 aromatic heterocycles. The second kappa shape index (κ2) is 4.93. The van der Waals surface area contributed by atoms with E-state index in [1.807, 2.05) is 0 Å². The standard InChI is InChI=1S/C6H10O4/c1-2-10-4-5(7)3-6(8)9/h2-4H2,1H3,(H,8,9). The molecule has 58 valence electrons. The highest BCUT2D eigenvalue weighted by molar-refractivity contribution is 5.95. The summed E-state index contributed by atoms with van der Waals surface area (Å²) >= 11 is 0. The molecule has 0 unspecified atom stereocenters. The van der Waals surface area contributed by atoms with Gasteiger partial charge in [0.1, 0.15) is 13.0 Å². The van der Waals surface area contributed by atoms with E-state index in [2.05, 4.69) is 4.74 Å². The fraction of sp³-hybridized carbons (Fsp3) is 0.667. The van der Waals surface area contributed by atoms with Crippen LogP contribution in [-0.4, -0.2) is 30.1 Å². The van der Waals surface area contributed by atoms with Crippen molar-refractivity contribution in [3.05, 3.63) is 0 Å². The molecule has 0 rings (SSSR count). The fourth-order valence-electron chi connectivity index (χ4n) is 0.436. The van der Waals surface area contributed by atoms with E-state index in [0.717, 1.165) is 0 Å². The summed E-state index contributed by atoms with van der Waals surface area (Å²) in [5.74, 6) is -1.50. The third kappa shape index (κ3) is 5.24. The van der Waals surface area contributed by atoms with Crippen LogP contribution < -0.4 is 0 Å². The molecule has 0 radical (unpaired) electrons. The van der Waals surface area contributed by atoms with Crippen molar-refractivity contribution in [2.24, 2.45) is 0 Å². The summed E-state index contributed by atoms with van der Waals surface area (Å²) in [5, 5.41) is 8.11. The van der Waals surface area contributed by atoms with Gasteiger partial charge < -0.3 is 9.84 Å². The maximum Gasteiger partial charge on any atom is 0.310 e. The van der Waals surface area contributed by atoms with Gasteiger partial charge in [-0.1, -0.05) is 0 Å². The number of ether oxygens (including phenoxy) is 1. The molecule has 0 aromatic rings. The molecule has 4 heteroatoms. The minimum absolute atomic E-state index is 0.0944. The van der Waals surface area contributed by atoms with E-state index in [0.29, 0.717) is 6.61 Å². The predicted molar refractivity (Wildman–Crippen MR) is 33.8 cm³/mol. The Labute approximate surface area is 58.8 Å². The van der Waals surface area contributed by atoms with Crippen molar-refractivity contribution in [3.8, 4) is 0 Å². The summed E-state index contributed by atoms with van der Waals surface area (Å²) in [6.07, 6.45) is -0.444. The Balaban J connectivity index is 3.35. The number of hydrogen-bond acceptors (Lipinski definition) is 3. The molecule has 0 saturated heterocycles. The van der Waals surface area contributed by atoms with Crippen LogP contribution in [0.4, 0.5) is 0 Å². The van der Waals surface area contributed by atoms with Crippen molar-refractivity contribution in [2.45, 2.75) is 13.3 Å². The maximum atomic E-state index is 10.5. The minimum Gasteiger partial charge on any atom is -0.481 e. The van der Waals surface area contributed by atoms with Gasteiger partial charge in [0.2, 0.25) is 0 Å². The largest absolute Gasteiger partial charge is 0.481 e. The Kier molecular flexibility index (Phi) is 4.49. The average Bonchev–Trinajstić information content (AvgIpc) is 1.82. The summed E-state index contributed by atoms with van der Waals surface area (Å²) in [6, 6.07) is 0. The summed E-state index contributed by atoms with van der Waals surface area (Å²) < 4.78 is 4.68. The monoisotopic (exact) mass is 146 g/mol. The number of aliphatic carboxylic acids is 1. The Bertz CT molecular complexity index is 130. The first kappa shape index (κ1) is 9.10.